The molecule has 1 atom stereocenters. The van der Waals surface area contributed by atoms with Crippen LogP contribution in [0.25, 0.3) is 0 Å². The first kappa shape index (κ1) is 18.5. The fourth-order valence-corrected chi connectivity index (χ4v) is 3.02. The highest BCUT2D eigenvalue weighted by atomic mass is 16.6. The molecule has 0 fully saturated rings. The Kier molecular flexibility index (Phi) is 6.60. The summed E-state index contributed by atoms with van der Waals surface area (Å²) in [6.07, 6.45) is 10.7. The summed E-state index contributed by atoms with van der Waals surface area (Å²) in [5.41, 5.74) is 2.09. The number of benzene rings is 2. The third kappa shape index (κ3) is 4.84. The molecule has 0 radical (unpaired) electrons. The molecule has 2 aromatic carbocycles. The molecule has 0 aliphatic heterocycles. The number of ether oxygens (including phenoxy) is 1. The lowest BCUT2D eigenvalue weighted by Gasteiger charge is -2.30. The predicted octanol–water partition coefficient (Wildman–Crippen LogP) is 4.83. The maximum Gasteiger partial charge on any atom is 0.304 e. The van der Waals surface area contributed by atoms with Crippen molar-refractivity contribution in [3.63, 3.8) is 0 Å². The van der Waals surface area contributed by atoms with Crippen LogP contribution in [0.1, 0.15) is 36.5 Å². The van der Waals surface area contributed by atoms with Crippen molar-refractivity contribution in [3.8, 4) is 12.3 Å². The lowest BCUT2D eigenvalue weighted by atomic mass is 9.84. The summed E-state index contributed by atoms with van der Waals surface area (Å²) in [5, 5.41) is 0. The van der Waals surface area contributed by atoms with Crippen LogP contribution in [0, 0.1) is 12.3 Å². The SMILES string of the molecule is C#CC(CCc1ccccc1)(OC(C)=O)c1ccccc1CCC=C. The van der Waals surface area contributed by atoms with Crippen LogP contribution in [-0.2, 0) is 28.0 Å². The quantitative estimate of drug-likeness (QED) is 0.393. The van der Waals surface area contributed by atoms with E-state index in [-0.39, 0.29) is 5.97 Å². The lowest BCUT2D eigenvalue weighted by molar-refractivity contribution is -0.153. The summed E-state index contributed by atoms with van der Waals surface area (Å²) >= 11 is 0. The van der Waals surface area contributed by atoms with Gasteiger partial charge in [-0.15, -0.1) is 13.0 Å². The van der Waals surface area contributed by atoms with E-state index in [0.29, 0.717) is 6.42 Å². The number of terminal acetylenes is 1. The van der Waals surface area contributed by atoms with Gasteiger partial charge >= 0.3 is 5.97 Å². The van der Waals surface area contributed by atoms with Crippen molar-refractivity contribution in [1.82, 2.24) is 0 Å². The van der Waals surface area contributed by atoms with E-state index in [0.717, 1.165) is 36.0 Å². The first-order chi connectivity index (χ1) is 12.1. The highest BCUT2D eigenvalue weighted by Gasteiger charge is 2.35. The lowest BCUT2D eigenvalue weighted by Crippen LogP contribution is -2.32. The summed E-state index contributed by atoms with van der Waals surface area (Å²) in [5.74, 6) is 2.41. The molecule has 0 bridgehead atoms. The maximum absolute atomic E-state index is 11.8. The van der Waals surface area contributed by atoms with E-state index >= 15 is 0 Å². The molecule has 2 heteroatoms. The number of allylic oxidation sites excluding steroid dienone is 1. The summed E-state index contributed by atoms with van der Waals surface area (Å²) in [6, 6.07) is 18.0. The largest absolute Gasteiger partial charge is 0.442 e. The van der Waals surface area contributed by atoms with Crippen molar-refractivity contribution in [2.24, 2.45) is 0 Å². The number of aryl methyl sites for hydroxylation is 2. The molecule has 0 spiro atoms. The second-order valence-electron chi connectivity index (χ2n) is 6.04. The Morgan fingerprint density at radius 3 is 2.48 bits per heavy atom. The molecule has 128 valence electrons. The Labute approximate surface area is 150 Å². The molecule has 0 saturated heterocycles. The second-order valence-corrected chi connectivity index (χ2v) is 6.04. The maximum atomic E-state index is 11.8. The molecule has 0 amide bonds. The van der Waals surface area contributed by atoms with Crippen LogP contribution in [0.5, 0.6) is 0 Å². The third-order valence-corrected chi connectivity index (χ3v) is 4.23. The van der Waals surface area contributed by atoms with E-state index in [1.165, 1.54) is 6.92 Å². The smallest absolute Gasteiger partial charge is 0.304 e. The number of rotatable bonds is 8. The molecule has 25 heavy (non-hydrogen) atoms. The van der Waals surface area contributed by atoms with Crippen molar-refractivity contribution in [3.05, 3.63) is 83.9 Å². The average molecular weight is 332 g/mol. The van der Waals surface area contributed by atoms with Gasteiger partial charge in [-0.2, -0.15) is 0 Å². The monoisotopic (exact) mass is 332 g/mol. The van der Waals surface area contributed by atoms with E-state index in [4.69, 9.17) is 11.2 Å². The topological polar surface area (TPSA) is 26.3 Å². The zero-order chi connectivity index (χ0) is 18.1. The molecular weight excluding hydrogens is 308 g/mol. The van der Waals surface area contributed by atoms with Crippen molar-refractivity contribution in [2.75, 3.05) is 0 Å². The van der Waals surface area contributed by atoms with Gasteiger partial charge in [0.25, 0.3) is 0 Å². The Balaban J connectivity index is 2.39. The molecule has 0 N–H and O–H groups in total. The van der Waals surface area contributed by atoms with Gasteiger partial charge < -0.3 is 4.74 Å². The van der Waals surface area contributed by atoms with Crippen LogP contribution >= 0.6 is 0 Å². The van der Waals surface area contributed by atoms with Crippen LogP contribution in [0.4, 0.5) is 0 Å². The van der Waals surface area contributed by atoms with Crippen molar-refractivity contribution in [1.29, 1.82) is 0 Å². The van der Waals surface area contributed by atoms with E-state index in [1.54, 1.807) is 0 Å². The highest BCUT2D eigenvalue weighted by Crippen LogP contribution is 2.34. The highest BCUT2D eigenvalue weighted by molar-refractivity contribution is 5.67. The first-order valence-corrected chi connectivity index (χ1v) is 8.52. The Bertz CT molecular complexity index is 755. The molecule has 2 nitrogen and oxygen atoms in total. The normalized spacial score (nSPS) is 12.6. The van der Waals surface area contributed by atoms with Gasteiger partial charge in [0.2, 0.25) is 0 Å². The van der Waals surface area contributed by atoms with Crippen LogP contribution in [0.3, 0.4) is 0 Å². The minimum absolute atomic E-state index is 0.371. The number of esters is 1. The van der Waals surface area contributed by atoms with Crippen molar-refractivity contribution < 1.29 is 9.53 Å². The molecule has 0 saturated carbocycles. The van der Waals surface area contributed by atoms with Crippen LogP contribution < -0.4 is 0 Å². The van der Waals surface area contributed by atoms with Crippen LogP contribution in [0.2, 0.25) is 0 Å². The number of hydrogen-bond acceptors (Lipinski definition) is 2. The molecular formula is C23H24O2. The average Bonchev–Trinajstić information content (AvgIpc) is 2.64. The molecule has 0 aromatic heterocycles. The number of hydrogen-bond donors (Lipinski definition) is 0. The summed E-state index contributed by atoms with van der Waals surface area (Å²) in [4.78, 5) is 11.8. The fourth-order valence-electron chi connectivity index (χ4n) is 3.02. The zero-order valence-electron chi connectivity index (χ0n) is 14.7. The molecule has 0 aliphatic rings. The fraction of sp³-hybridized carbons (Fsp3) is 0.261. The van der Waals surface area contributed by atoms with Crippen LogP contribution in [-0.4, -0.2) is 5.97 Å². The predicted molar refractivity (Wildman–Crippen MR) is 102 cm³/mol. The van der Waals surface area contributed by atoms with Gasteiger partial charge in [-0.3, -0.25) is 4.79 Å². The molecule has 0 aliphatic carbocycles. The van der Waals surface area contributed by atoms with E-state index < -0.39 is 5.60 Å². The summed E-state index contributed by atoms with van der Waals surface area (Å²) < 4.78 is 5.71. The molecule has 2 aromatic rings. The van der Waals surface area contributed by atoms with Gasteiger partial charge in [-0.1, -0.05) is 66.6 Å². The first-order valence-electron chi connectivity index (χ1n) is 8.52. The van der Waals surface area contributed by atoms with Gasteiger partial charge in [-0.05, 0) is 30.4 Å². The summed E-state index contributed by atoms with van der Waals surface area (Å²) in [6.45, 7) is 5.19. The molecule has 2 rings (SSSR count). The minimum Gasteiger partial charge on any atom is -0.442 e. The van der Waals surface area contributed by atoms with Crippen molar-refractivity contribution in [2.45, 2.75) is 38.2 Å². The third-order valence-electron chi connectivity index (χ3n) is 4.23. The van der Waals surface area contributed by atoms with Gasteiger partial charge in [0.05, 0.1) is 0 Å². The van der Waals surface area contributed by atoms with Gasteiger partial charge in [0, 0.05) is 18.9 Å². The van der Waals surface area contributed by atoms with Crippen LogP contribution in [0.15, 0.2) is 67.3 Å². The van der Waals surface area contributed by atoms with Gasteiger partial charge in [0.15, 0.2) is 5.60 Å². The minimum atomic E-state index is -1.06. The van der Waals surface area contributed by atoms with E-state index in [1.807, 2.05) is 48.5 Å². The van der Waals surface area contributed by atoms with Gasteiger partial charge in [0.1, 0.15) is 0 Å². The molecule has 0 heterocycles. The van der Waals surface area contributed by atoms with E-state index in [2.05, 4.69) is 24.6 Å². The number of carbonyl (C=O) groups is 1. The second kappa shape index (κ2) is 8.89. The zero-order valence-corrected chi connectivity index (χ0v) is 14.7. The Morgan fingerprint density at radius 2 is 1.84 bits per heavy atom. The standard InChI is InChI=1S/C23H24O2/c1-4-6-14-21-15-10-11-16-22(21)23(5-2,25-19(3)24)18-17-20-12-8-7-9-13-20/h2,4,7-13,15-16H,1,6,14,17-18H2,3H3. The van der Waals surface area contributed by atoms with E-state index in [9.17, 15) is 4.79 Å². The Morgan fingerprint density at radius 1 is 1.16 bits per heavy atom. The van der Waals surface area contributed by atoms with Crippen molar-refractivity contribution >= 4 is 5.97 Å². The molecule has 1 unspecified atom stereocenters. The van der Waals surface area contributed by atoms with Gasteiger partial charge in [-0.25, -0.2) is 0 Å². The summed E-state index contributed by atoms with van der Waals surface area (Å²) in [7, 11) is 0. The number of carbonyl (C=O) groups excluding carboxylic acids is 1. The Hall–Kier alpha value is -2.79.